The topological polar surface area (TPSA) is 46.6 Å². The molecule has 0 saturated carbocycles. The lowest BCUT2D eigenvalue weighted by molar-refractivity contribution is -0.118. The van der Waals surface area contributed by atoms with Crippen LogP contribution in [-0.4, -0.2) is 25.3 Å². The summed E-state index contributed by atoms with van der Waals surface area (Å²) in [5, 5.41) is 0. The third-order valence-corrected chi connectivity index (χ3v) is 3.40. The molecular formula is C15H19NO3. The fourth-order valence-electron chi connectivity index (χ4n) is 2.29. The standard InChI is InChI=1S/C15H19NO3/c1-3-4-5-15(18)16-9-8-14(17)12-7-6-11(19-2)10-13(12)16/h6-7,10H,3-5,8-9H2,1-2H3. The van der Waals surface area contributed by atoms with Crippen LogP contribution in [0.25, 0.3) is 0 Å². The van der Waals surface area contributed by atoms with Gasteiger partial charge in [-0.2, -0.15) is 0 Å². The highest BCUT2D eigenvalue weighted by Crippen LogP contribution is 2.31. The predicted octanol–water partition coefficient (Wildman–Crippen LogP) is 2.80. The average molecular weight is 261 g/mol. The first-order valence-electron chi connectivity index (χ1n) is 6.69. The van der Waals surface area contributed by atoms with Crippen LogP contribution >= 0.6 is 0 Å². The number of carbonyl (C=O) groups is 2. The van der Waals surface area contributed by atoms with Crippen molar-refractivity contribution in [2.24, 2.45) is 0 Å². The second kappa shape index (κ2) is 5.87. The molecule has 0 fully saturated rings. The molecule has 0 atom stereocenters. The van der Waals surface area contributed by atoms with Crippen LogP contribution in [-0.2, 0) is 4.79 Å². The number of amides is 1. The van der Waals surface area contributed by atoms with Crippen LogP contribution in [0.1, 0.15) is 43.0 Å². The van der Waals surface area contributed by atoms with Crippen molar-refractivity contribution in [2.45, 2.75) is 32.6 Å². The minimum absolute atomic E-state index is 0.0869. The number of hydrogen-bond donors (Lipinski definition) is 0. The number of hydrogen-bond acceptors (Lipinski definition) is 3. The zero-order chi connectivity index (χ0) is 13.8. The van der Waals surface area contributed by atoms with Crippen molar-refractivity contribution in [2.75, 3.05) is 18.6 Å². The largest absolute Gasteiger partial charge is 0.497 e. The highest BCUT2D eigenvalue weighted by molar-refractivity contribution is 6.09. The van der Waals surface area contributed by atoms with Crippen molar-refractivity contribution in [1.29, 1.82) is 0 Å². The van der Waals surface area contributed by atoms with Crippen molar-refractivity contribution in [3.63, 3.8) is 0 Å². The van der Waals surface area contributed by atoms with E-state index in [2.05, 4.69) is 6.92 Å². The molecule has 0 bridgehead atoms. The van der Waals surface area contributed by atoms with Crippen molar-refractivity contribution >= 4 is 17.4 Å². The summed E-state index contributed by atoms with van der Waals surface area (Å²) in [6, 6.07) is 5.28. The van der Waals surface area contributed by atoms with Gasteiger partial charge in [-0.3, -0.25) is 9.59 Å². The Morgan fingerprint density at radius 1 is 1.42 bits per heavy atom. The number of Topliss-reactive ketones (excluding diaryl/α,β-unsaturated/α-hetero) is 1. The summed E-state index contributed by atoms with van der Waals surface area (Å²) >= 11 is 0. The first-order valence-corrected chi connectivity index (χ1v) is 6.69. The number of rotatable bonds is 4. The quantitative estimate of drug-likeness (QED) is 0.837. The van der Waals surface area contributed by atoms with E-state index in [0.29, 0.717) is 36.4 Å². The summed E-state index contributed by atoms with van der Waals surface area (Å²) in [5.41, 5.74) is 1.31. The van der Waals surface area contributed by atoms with Crippen LogP contribution in [0.4, 0.5) is 5.69 Å². The van der Waals surface area contributed by atoms with Gasteiger partial charge in [-0.25, -0.2) is 0 Å². The summed E-state index contributed by atoms with van der Waals surface area (Å²) in [6.45, 7) is 2.53. The predicted molar refractivity (Wildman–Crippen MR) is 73.8 cm³/mol. The maximum absolute atomic E-state index is 12.2. The SMILES string of the molecule is CCCCC(=O)N1CCC(=O)c2ccc(OC)cc21. The van der Waals surface area contributed by atoms with E-state index < -0.39 is 0 Å². The van der Waals surface area contributed by atoms with Gasteiger partial charge >= 0.3 is 0 Å². The molecule has 0 radical (unpaired) electrons. The van der Waals surface area contributed by atoms with Crippen molar-refractivity contribution in [3.05, 3.63) is 23.8 Å². The molecule has 0 N–H and O–H groups in total. The first kappa shape index (κ1) is 13.6. The molecule has 0 aromatic heterocycles. The van der Waals surface area contributed by atoms with E-state index in [1.54, 1.807) is 30.2 Å². The molecule has 0 saturated heterocycles. The molecule has 1 aromatic carbocycles. The van der Waals surface area contributed by atoms with Gasteiger partial charge in [-0.1, -0.05) is 13.3 Å². The summed E-state index contributed by atoms with van der Waals surface area (Å²) in [4.78, 5) is 25.8. The van der Waals surface area contributed by atoms with Gasteiger partial charge in [0.25, 0.3) is 0 Å². The smallest absolute Gasteiger partial charge is 0.227 e. The van der Waals surface area contributed by atoms with E-state index in [0.717, 1.165) is 12.8 Å². The van der Waals surface area contributed by atoms with Gasteiger partial charge in [0.15, 0.2) is 5.78 Å². The van der Waals surface area contributed by atoms with Crippen LogP contribution in [0.15, 0.2) is 18.2 Å². The Morgan fingerprint density at radius 3 is 2.89 bits per heavy atom. The Balaban J connectivity index is 2.32. The third-order valence-electron chi connectivity index (χ3n) is 3.40. The highest BCUT2D eigenvalue weighted by Gasteiger charge is 2.27. The van der Waals surface area contributed by atoms with E-state index in [-0.39, 0.29) is 11.7 Å². The molecule has 1 aromatic rings. The van der Waals surface area contributed by atoms with Gasteiger partial charge in [0.1, 0.15) is 5.75 Å². The second-order valence-corrected chi connectivity index (χ2v) is 4.71. The number of fused-ring (bicyclic) bond motifs is 1. The van der Waals surface area contributed by atoms with Crippen molar-refractivity contribution in [3.8, 4) is 5.75 Å². The molecule has 1 aliphatic rings. The zero-order valence-electron chi connectivity index (χ0n) is 11.4. The second-order valence-electron chi connectivity index (χ2n) is 4.71. The molecule has 2 rings (SSSR count). The minimum atomic E-state index is 0.0869. The Labute approximate surface area is 113 Å². The number of ether oxygens (including phenoxy) is 1. The summed E-state index contributed by atoms with van der Waals surface area (Å²) < 4.78 is 5.18. The van der Waals surface area contributed by atoms with Gasteiger partial charge in [0.05, 0.1) is 12.8 Å². The number of anilines is 1. The monoisotopic (exact) mass is 261 g/mol. The zero-order valence-corrected chi connectivity index (χ0v) is 11.4. The van der Waals surface area contributed by atoms with E-state index >= 15 is 0 Å². The molecule has 1 amide bonds. The Hall–Kier alpha value is -1.84. The Kier molecular flexibility index (Phi) is 4.20. The minimum Gasteiger partial charge on any atom is -0.497 e. The van der Waals surface area contributed by atoms with Gasteiger partial charge in [0, 0.05) is 31.0 Å². The molecular weight excluding hydrogens is 242 g/mol. The van der Waals surface area contributed by atoms with Gasteiger partial charge in [-0.15, -0.1) is 0 Å². The number of unbranched alkanes of at least 4 members (excludes halogenated alkanes) is 1. The van der Waals surface area contributed by atoms with Crippen LogP contribution < -0.4 is 9.64 Å². The Bertz CT molecular complexity index is 496. The van der Waals surface area contributed by atoms with Crippen LogP contribution in [0.3, 0.4) is 0 Å². The number of ketones is 1. The van der Waals surface area contributed by atoms with Crippen LogP contribution in [0.5, 0.6) is 5.75 Å². The maximum atomic E-state index is 12.2. The number of benzene rings is 1. The molecule has 1 aliphatic heterocycles. The lowest BCUT2D eigenvalue weighted by Gasteiger charge is -2.29. The van der Waals surface area contributed by atoms with E-state index in [1.165, 1.54) is 0 Å². The molecule has 19 heavy (non-hydrogen) atoms. The summed E-state index contributed by atoms with van der Waals surface area (Å²) in [5.74, 6) is 0.850. The molecule has 0 unspecified atom stereocenters. The average Bonchev–Trinajstić information content (AvgIpc) is 2.44. The first-order chi connectivity index (χ1) is 9.17. The lowest BCUT2D eigenvalue weighted by atomic mass is 9.99. The molecule has 1 heterocycles. The normalized spacial score (nSPS) is 14.2. The van der Waals surface area contributed by atoms with Gasteiger partial charge < -0.3 is 9.64 Å². The molecule has 0 spiro atoms. The number of carbonyl (C=O) groups excluding carboxylic acids is 2. The number of nitrogens with zero attached hydrogens (tertiary/aromatic N) is 1. The van der Waals surface area contributed by atoms with Crippen molar-refractivity contribution in [1.82, 2.24) is 0 Å². The third kappa shape index (κ3) is 2.78. The molecule has 0 aliphatic carbocycles. The lowest BCUT2D eigenvalue weighted by Crippen LogP contribution is -2.37. The van der Waals surface area contributed by atoms with Gasteiger partial charge in [-0.05, 0) is 18.6 Å². The van der Waals surface area contributed by atoms with Crippen molar-refractivity contribution < 1.29 is 14.3 Å². The Morgan fingerprint density at radius 2 is 2.21 bits per heavy atom. The highest BCUT2D eigenvalue weighted by atomic mass is 16.5. The van der Waals surface area contributed by atoms with Crippen LogP contribution in [0.2, 0.25) is 0 Å². The molecule has 4 nitrogen and oxygen atoms in total. The summed E-state index contributed by atoms with van der Waals surface area (Å²) in [6.07, 6.45) is 2.80. The van der Waals surface area contributed by atoms with Gasteiger partial charge in [0.2, 0.25) is 5.91 Å². The molecule has 102 valence electrons. The van der Waals surface area contributed by atoms with E-state index in [1.807, 2.05) is 0 Å². The summed E-state index contributed by atoms with van der Waals surface area (Å²) in [7, 11) is 1.58. The van der Waals surface area contributed by atoms with E-state index in [4.69, 9.17) is 4.74 Å². The van der Waals surface area contributed by atoms with Crippen LogP contribution in [0, 0.1) is 0 Å². The maximum Gasteiger partial charge on any atom is 0.227 e. The fourth-order valence-corrected chi connectivity index (χ4v) is 2.29. The number of methoxy groups -OCH3 is 1. The fraction of sp³-hybridized carbons (Fsp3) is 0.467. The van der Waals surface area contributed by atoms with E-state index in [9.17, 15) is 9.59 Å². The molecule has 4 heteroatoms.